The number of carbonyl (C=O) groups excluding carboxylic acids is 1. The number of nitrogens with two attached hydrogens (primary N) is 1. The molecule has 11 heteroatoms. The molecule has 1 unspecified atom stereocenters. The number of alkyl halides is 3. The lowest BCUT2D eigenvalue weighted by Crippen LogP contribution is -2.34. The zero-order chi connectivity index (χ0) is 27.3. The van der Waals surface area contributed by atoms with Gasteiger partial charge in [0, 0.05) is 35.4 Å². The first kappa shape index (κ1) is 27.6. The van der Waals surface area contributed by atoms with Gasteiger partial charge in [-0.05, 0) is 67.4 Å². The number of benzene rings is 2. The van der Waals surface area contributed by atoms with Gasteiger partial charge in [-0.3, -0.25) is 23.9 Å². The van der Waals surface area contributed by atoms with E-state index in [1.165, 1.54) is 37.5 Å². The van der Waals surface area contributed by atoms with Crippen molar-refractivity contribution in [1.82, 2.24) is 9.88 Å². The second-order valence-electron chi connectivity index (χ2n) is 8.05. The molecule has 0 saturated carbocycles. The Morgan fingerprint density at radius 1 is 1.16 bits per heavy atom. The van der Waals surface area contributed by atoms with E-state index >= 15 is 0 Å². The highest BCUT2D eigenvalue weighted by atomic mass is 32.2. The van der Waals surface area contributed by atoms with Gasteiger partial charge in [-0.2, -0.15) is 13.2 Å². The summed E-state index contributed by atoms with van der Waals surface area (Å²) in [6.45, 7) is 1.67. The van der Waals surface area contributed by atoms with Crippen molar-refractivity contribution in [3.8, 4) is 5.69 Å². The zero-order valence-corrected chi connectivity index (χ0v) is 21.2. The molecule has 194 valence electrons. The summed E-state index contributed by atoms with van der Waals surface area (Å²) >= 11 is 0. The van der Waals surface area contributed by atoms with Gasteiger partial charge in [-0.1, -0.05) is 28.9 Å². The lowest BCUT2D eigenvalue weighted by atomic mass is 10.0. The minimum absolute atomic E-state index is 0.0404. The number of amides is 1. The third kappa shape index (κ3) is 6.23. The van der Waals surface area contributed by atoms with Gasteiger partial charge >= 0.3 is 6.18 Å². The Balaban J connectivity index is 2.11. The van der Waals surface area contributed by atoms with Gasteiger partial charge in [0.05, 0.1) is 11.3 Å². The molecule has 1 atom stereocenters. The first-order valence-electron chi connectivity index (χ1n) is 11.0. The topological polar surface area (TPSA) is 113 Å². The third-order valence-electron chi connectivity index (χ3n) is 5.62. The molecule has 0 fully saturated rings. The number of aromatic nitrogens is 1. The molecule has 2 aromatic carbocycles. The van der Waals surface area contributed by atoms with Crippen LogP contribution in [0.25, 0.3) is 5.69 Å². The number of allylic oxidation sites excluding steroid dienone is 1. The number of hydrogen-bond donors (Lipinski definition) is 3. The highest BCUT2D eigenvalue weighted by Crippen LogP contribution is 2.30. The van der Waals surface area contributed by atoms with E-state index < -0.39 is 33.9 Å². The zero-order valence-electron chi connectivity index (χ0n) is 20.4. The standard InChI is InChI=1S/C26H26F3N5O2S/c1-16-21(23(32-2)11-12-30)14-22(24(35)33-15-17-7-9-20(10-8-17)37(3)31)25(36)34(16)19-6-4-5-18(13-19)26(27,28)29/h4-14,31H,15,30H2,1-3H3,(H,33,35). The van der Waals surface area contributed by atoms with E-state index in [2.05, 4.69) is 10.3 Å². The van der Waals surface area contributed by atoms with Crippen molar-refractivity contribution in [2.75, 3.05) is 13.3 Å². The first-order chi connectivity index (χ1) is 17.5. The van der Waals surface area contributed by atoms with Gasteiger partial charge in [0.1, 0.15) is 5.56 Å². The van der Waals surface area contributed by atoms with E-state index in [1.807, 2.05) is 0 Å². The Kier molecular flexibility index (Phi) is 8.49. The molecule has 0 saturated heterocycles. The third-order valence-corrected chi connectivity index (χ3v) is 6.60. The van der Waals surface area contributed by atoms with E-state index in [0.717, 1.165) is 27.2 Å². The number of carbonyl (C=O) groups is 1. The van der Waals surface area contributed by atoms with Crippen LogP contribution in [0.15, 0.2) is 81.6 Å². The molecule has 0 spiro atoms. The van der Waals surface area contributed by atoms with Crippen LogP contribution in [0.3, 0.4) is 0 Å². The Morgan fingerprint density at radius 2 is 1.84 bits per heavy atom. The maximum Gasteiger partial charge on any atom is 0.416 e. The van der Waals surface area contributed by atoms with Crippen LogP contribution in [0.5, 0.6) is 0 Å². The van der Waals surface area contributed by atoms with Gasteiger partial charge < -0.3 is 11.1 Å². The van der Waals surface area contributed by atoms with E-state index in [9.17, 15) is 22.8 Å². The van der Waals surface area contributed by atoms with Crippen molar-refractivity contribution >= 4 is 22.3 Å². The monoisotopic (exact) mass is 529 g/mol. The van der Waals surface area contributed by atoms with E-state index in [4.69, 9.17) is 10.5 Å². The molecule has 0 aliphatic carbocycles. The predicted octanol–water partition coefficient (Wildman–Crippen LogP) is 4.36. The highest BCUT2D eigenvalue weighted by molar-refractivity contribution is 7.85. The smallest absolute Gasteiger partial charge is 0.405 e. The predicted molar refractivity (Wildman–Crippen MR) is 139 cm³/mol. The molecular formula is C26H26F3N5O2S. The van der Waals surface area contributed by atoms with Crippen molar-refractivity contribution in [3.05, 3.63) is 105 Å². The summed E-state index contributed by atoms with van der Waals surface area (Å²) in [5.41, 5.74) is 5.29. The van der Waals surface area contributed by atoms with Crippen molar-refractivity contribution in [2.45, 2.75) is 24.5 Å². The van der Waals surface area contributed by atoms with Crippen LogP contribution in [-0.4, -0.2) is 29.5 Å². The fraction of sp³-hybridized carbons (Fsp3) is 0.192. The van der Waals surface area contributed by atoms with Crippen molar-refractivity contribution in [3.63, 3.8) is 0 Å². The van der Waals surface area contributed by atoms with Gasteiger partial charge in [0.25, 0.3) is 11.5 Å². The number of halogens is 3. The number of hydrogen-bond acceptors (Lipinski definition) is 5. The minimum atomic E-state index is -4.61. The first-order valence-corrected chi connectivity index (χ1v) is 12.6. The largest absolute Gasteiger partial charge is 0.416 e. The molecule has 0 aliphatic rings. The van der Waals surface area contributed by atoms with Crippen LogP contribution in [0.1, 0.15) is 32.7 Å². The Labute approximate surface area is 214 Å². The number of aliphatic imine (C=N–C) groups is 1. The summed E-state index contributed by atoms with van der Waals surface area (Å²) in [7, 11) is 0.845. The summed E-state index contributed by atoms with van der Waals surface area (Å²) in [6.07, 6.45) is -0.129. The van der Waals surface area contributed by atoms with Crippen molar-refractivity contribution in [1.29, 1.82) is 4.78 Å². The highest BCUT2D eigenvalue weighted by Gasteiger charge is 2.31. The minimum Gasteiger partial charge on any atom is -0.405 e. The SMILES string of the molecule is CN=C(C=CN)c1cc(C(=O)NCc2ccc(S(C)=N)cc2)c(=O)n(-c2cccc(C(F)(F)F)c2)c1C. The molecule has 37 heavy (non-hydrogen) atoms. The number of pyridine rings is 1. The summed E-state index contributed by atoms with van der Waals surface area (Å²) in [6, 6.07) is 12.9. The molecule has 4 N–H and O–H groups in total. The molecule has 1 amide bonds. The van der Waals surface area contributed by atoms with E-state index in [-0.39, 0.29) is 17.8 Å². The second kappa shape index (κ2) is 11.4. The molecule has 0 radical (unpaired) electrons. The lowest BCUT2D eigenvalue weighted by molar-refractivity contribution is -0.137. The molecule has 0 bridgehead atoms. The van der Waals surface area contributed by atoms with Crippen LogP contribution in [0.2, 0.25) is 0 Å². The normalized spacial score (nSPS) is 13.1. The van der Waals surface area contributed by atoms with Crippen LogP contribution in [0, 0.1) is 11.7 Å². The van der Waals surface area contributed by atoms with Crippen molar-refractivity contribution in [2.24, 2.45) is 10.7 Å². The molecule has 1 aromatic heterocycles. The summed E-state index contributed by atoms with van der Waals surface area (Å²) in [5, 5.41) is 2.70. The van der Waals surface area contributed by atoms with Gasteiger partial charge in [0.15, 0.2) is 0 Å². The van der Waals surface area contributed by atoms with Gasteiger partial charge in [0.2, 0.25) is 0 Å². The van der Waals surface area contributed by atoms with Gasteiger partial charge in [-0.15, -0.1) is 0 Å². The molecule has 3 rings (SSSR count). The fourth-order valence-electron chi connectivity index (χ4n) is 3.72. The van der Waals surface area contributed by atoms with E-state index in [1.54, 1.807) is 37.4 Å². The molecule has 0 aliphatic heterocycles. The number of nitrogens with zero attached hydrogens (tertiary/aromatic N) is 2. The van der Waals surface area contributed by atoms with Crippen LogP contribution in [0.4, 0.5) is 13.2 Å². The Morgan fingerprint density at radius 3 is 2.41 bits per heavy atom. The van der Waals surface area contributed by atoms with Crippen LogP contribution < -0.4 is 16.6 Å². The second-order valence-corrected chi connectivity index (χ2v) is 9.54. The summed E-state index contributed by atoms with van der Waals surface area (Å²) in [4.78, 5) is 31.6. The van der Waals surface area contributed by atoms with Gasteiger partial charge in [-0.25, -0.2) is 0 Å². The van der Waals surface area contributed by atoms with E-state index in [0.29, 0.717) is 17.0 Å². The average Bonchev–Trinajstić information content (AvgIpc) is 2.86. The summed E-state index contributed by atoms with van der Waals surface area (Å²) < 4.78 is 49.0. The maximum atomic E-state index is 13.5. The van der Waals surface area contributed by atoms with Crippen LogP contribution >= 0.6 is 0 Å². The number of rotatable bonds is 7. The Bertz CT molecular complexity index is 1460. The number of nitrogens with one attached hydrogen (secondary N) is 2. The summed E-state index contributed by atoms with van der Waals surface area (Å²) in [5.74, 6) is -0.695. The maximum absolute atomic E-state index is 13.5. The molecule has 7 nitrogen and oxygen atoms in total. The molecular weight excluding hydrogens is 503 g/mol. The quantitative estimate of drug-likeness (QED) is 0.395. The van der Waals surface area contributed by atoms with Crippen molar-refractivity contribution < 1.29 is 18.0 Å². The molecule has 3 aromatic rings. The fourth-order valence-corrected chi connectivity index (χ4v) is 4.27. The molecule has 1 heterocycles. The lowest BCUT2D eigenvalue weighted by Gasteiger charge is -2.18. The van der Waals surface area contributed by atoms with Crippen LogP contribution in [-0.2, 0) is 23.4 Å². The Hall–Kier alpha value is -3.99. The average molecular weight is 530 g/mol.